The summed E-state index contributed by atoms with van der Waals surface area (Å²) >= 11 is 1.58. The third-order valence-corrected chi connectivity index (χ3v) is 7.65. The van der Waals surface area contributed by atoms with Crippen LogP contribution in [0.5, 0.6) is 0 Å². The van der Waals surface area contributed by atoms with Gasteiger partial charge < -0.3 is 25.3 Å². The minimum atomic E-state index is 0.0152. The Kier molecular flexibility index (Phi) is 16.9. The number of amides is 1. The summed E-state index contributed by atoms with van der Waals surface area (Å²) in [6.45, 7) is 12.8. The molecule has 0 aliphatic carbocycles. The van der Waals surface area contributed by atoms with Gasteiger partial charge in [-0.2, -0.15) is 4.83 Å². The Balaban J connectivity index is 0.000000243. The number of nitrogens with zero attached hydrogens (tertiary/aromatic N) is 1. The smallest absolute Gasteiger partial charge is 0.207 e. The summed E-state index contributed by atoms with van der Waals surface area (Å²) in [5.74, 6) is 1.72. The van der Waals surface area contributed by atoms with Gasteiger partial charge in [0, 0.05) is 49.2 Å². The summed E-state index contributed by atoms with van der Waals surface area (Å²) in [7, 11) is 1.75. The zero-order valence-electron chi connectivity index (χ0n) is 24.9. The molecule has 0 aromatic heterocycles. The number of benzene rings is 2. The summed E-state index contributed by atoms with van der Waals surface area (Å²) in [6.07, 6.45) is 4.22. The Bertz CT molecular complexity index is 919. The van der Waals surface area contributed by atoms with Crippen LogP contribution in [0.2, 0.25) is 0 Å². The van der Waals surface area contributed by atoms with E-state index in [9.17, 15) is 4.79 Å². The van der Waals surface area contributed by atoms with Crippen LogP contribution >= 0.6 is 11.9 Å². The molecule has 1 amide bonds. The first kappa shape index (κ1) is 34.1. The number of carbonyl (C=O) groups excluding carboxylic acids is 1. The average Bonchev–Trinajstić information content (AvgIpc) is 3.24. The number of fused-ring (bicyclic) bond motifs is 4. The van der Waals surface area contributed by atoms with Crippen LogP contribution in [-0.2, 0) is 19.0 Å². The minimum Gasteiger partial charge on any atom is -0.399 e. The number of rotatable bonds is 12. The van der Waals surface area contributed by atoms with Gasteiger partial charge in [0.2, 0.25) is 6.41 Å². The van der Waals surface area contributed by atoms with Crippen molar-refractivity contribution in [1.29, 1.82) is 0 Å². The second-order valence-electron chi connectivity index (χ2n) is 10.8. The lowest BCUT2D eigenvalue weighted by molar-refractivity contribution is -0.175. The number of hydrogen-bond acceptors (Lipinski definition) is 8. The molecular weight excluding hydrogens is 524 g/mol. The quantitative estimate of drug-likeness (QED) is 0.103. The van der Waals surface area contributed by atoms with Gasteiger partial charge in [0.15, 0.2) is 6.29 Å². The summed E-state index contributed by atoms with van der Waals surface area (Å²) < 4.78 is 16.5. The molecule has 3 heterocycles. The topological polar surface area (TPSA) is 98.1 Å². The highest BCUT2D eigenvalue weighted by Crippen LogP contribution is 2.32. The van der Waals surface area contributed by atoms with E-state index in [4.69, 9.17) is 19.9 Å². The maximum atomic E-state index is 10.2. The molecule has 224 valence electrons. The third kappa shape index (κ3) is 14.0. The van der Waals surface area contributed by atoms with Crippen LogP contribution in [0, 0.1) is 24.7 Å². The molecule has 2 aromatic rings. The van der Waals surface area contributed by atoms with Crippen LogP contribution in [0.4, 0.5) is 5.69 Å². The minimum absolute atomic E-state index is 0.0152. The molecule has 3 fully saturated rings. The normalized spacial score (nSPS) is 21.6. The van der Waals surface area contributed by atoms with E-state index >= 15 is 0 Å². The predicted molar refractivity (Wildman–Crippen MR) is 164 cm³/mol. The maximum absolute atomic E-state index is 10.2. The van der Waals surface area contributed by atoms with Crippen LogP contribution in [0.25, 0.3) is 0 Å². The first-order chi connectivity index (χ1) is 19.3. The lowest BCUT2D eigenvalue weighted by Crippen LogP contribution is -2.36. The monoisotopic (exact) mass is 574 g/mol. The molecule has 4 N–H and O–H groups in total. The van der Waals surface area contributed by atoms with Crippen molar-refractivity contribution in [2.75, 3.05) is 45.7 Å². The first-order valence-corrected chi connectivity index (χ1v) is 15.1. The van der Waals surface area contributed by atoms with E-state index in [0.717, 1.165) is 49.5 Å². The number of hydrogen-bond donors (Lipinski definition) is 3. The van der Waals surface area contributed by atoms with E-state index in [2.05, 4.69) is 55.0 Å². The number of carbonyl (C=O) groups is 1. The second kappa shape index (κ2) is 19.9. The first-order valence-electron chi connectivity index (χ1n) is 14.3. The highest BCUT2D eigenvalue weighted by Gasteiger charge is 2.38. The molecule has 3 aliphatic heterocycles. The van der Waals surface area contributed by atoms with Crippen molar-refractivity contribution in [3.63, 3.8) is 0 Å². The third-order valence-electron chi connectivity index (χ3n) is 6.79. The Morgan fingerprint density at radius 2 is 1.80 bits per heavy atom. The van der Waals surface area contributed by atoms with E-state index in [0.29, 0.717) is 30.9 Å². The average molecular weight is 575 g/mol. The molecule has 3 unspecified atom stereocenters. The van der Waals surface area contributed by atoms with E-state index in [1.807, 2.05) is 42.5 Å². The SMILES string of the molecule is CC(C)CCN(CCCNC=O)NSc1ccc(N)cc1.COC1COC2OC[C@H]1CC2C.Cc1ccccc1. The Morgan fingerprint density at radius 1 is 1.10 bits per heavy atom. The maximum Gasteiger partial charge on any atom is 0.207 e. The van der Waals surface area contributed by atoms with E-state index < -0.39 is 0 Å². The van der Waals surface area contributed by atoms with Gasteiger partial charge in [0.25, 0.3) is 0 Å². The Morgan fingerprint density at radius 3 is 2.38 bits per heavy atom. The standard InChI is InChI=1S/C15H26N4OS.C9H16O3.C7H8/c1-13(2)8-11-19(10-3-9-17-12-20)18-21-15-6-4-14(16)5-7-15;1-6-3-7-4-11-9(6)12-5-8(7)10-2;1-7-5-3-2-4-6-7/h4-7,12-13,18H,3,8-11,16H2,1-2H3,(H,17,20);6-9H,3-5H2,1-2H3;2-6H,1H3/t;6?,7-,8?,9?;/m.1./s1. The number of ether oxygens (including phenoxy) is 3. The Labute approximate surface area is 245 Å². The molecular formula is C31H50N4O4S. The van der Waals surface area contributed by atoms with Gasteiger partial charge in [0.1, 0.15) is 0 Å². The molecule has 4 atom stereocenters. The molecule has 5 rings (SSSR count). The van der Waals surface area contributed by atoms with Gasteiger partial charge in [-0.25, -0.2) is 5.01 Å². The number of hydrazine groups is 1. The molecule has 2 aromatic carbocycles. The van der Waals surface area contributed by atoms with Gasteiger partial charge in [0.05, 0.1) is 19.3 Å². The number of aryl methyl sites for hydroxylation is 1. The fourth-order valence-corrected chi connectivity index (χ4v) is 5.02. The molecule has 3 aliphatic rings. The fraction of sp³-hybridized carbons (Fsp3) is 0.581. The molecule has 3 saturated heterocycles. The zero-order valence-corrected chi connectivity index (χ0v) is 25.7. The van der Waals surface area contributed by atoms with E-state index in [1.165, 1.54) is 12.0 Å². The Hall–Kier alpha value is -2.14. The van der Waals surface area contributed by atoms with Gasteiger partial charge in [-0.15, -0.1) is 0 Å². The molecule has 9 heteroatoms. The summed E-state index contributed by atoms with van der Waals surface area (Å²) in [5, 5.41) is 4.89. The summed E-state index contributed by atoms with van der Waals surface area (Å²) in [5.41, 5.74) is 7.78. The van der Waals surface area contributed by atoms with Gasteiger partial charge in [-0.05, 0) is 68.3 Å². The number of nitrogen functional groups attached to an aromatic ring is 1. The van der Waals surface area contributed by atoms with Crippen LogP contribution in [0.1, 0.15) is 45.6 Å². The van der Waals surface area contributed by atoms with Crippen LogP contribution in [-0.4, -0.2) is 63.8 Å². The molecule has 0 radical (unpaired) electrons. The lowest BCUT2D eigenvalue weighted by atomic mass is 9.91. The largest absolute Gasteiger partial charge is 0.399 e. The highest BCUT2D eigenvalue weighted by molar-refractivity contribution is 7.97. The summed E-state index contributed by atoms with van der Waals surface area (Å²) in [4.78, 5) is 14.8. The van der Waals surface area contributed by atoms with E-state index in [-0.39, 0.29) is 12.4 Å². The van der Waals surface area contributed by atoms with Crippen molar-refractivity contribution in [3.8, 4) is 0 Å². The molecule has 0 saturated carbocycles. The van der Waals surface area contributed by atoms with Crippen molar-refractivity contribution < 1.29 is 19.0 Å². The van der Waals surface area contributed by atoms with Crippen LogP contribution < -0.4 is 15.9 Å². The lowest BCUT2D eigenvalue weighted by Gasteiger charge is -2.30. The summed E-state index contributed by atoms with van der Waals surface area (Å²) in [6, 6.07) is 18.1. The number of nitrogens with two attached hydrogens (primary N) is 1. The molecule has 40 heavy (non-hydrogen) atoms. The van der Waals surface area contributed by atoms with Crippen molar-refractivity contribution >= 4 is 24.0 Å². The van der Waals surface area contributed by atoms with Gasteiger partial charge in [-0.3, -0.25) is 4.79 Å². The second-order valence-corrected chi connectivity index (χ2v) is 11.7. The van der Waals surface area contributed by atoms with Crippen LogP contribution in [0.15, 0.2) is 59.5 Å². The van der Waals surface area contributed by atoms with Gasteiger partial charge in [-0.1, -0.05) is 56.7 Å². The number of nitrogens with one attached hydrogen (secondary N) is 2. The van der Waals surface area contributed by atoms with Crippen molar-refractivity contribution in [2.45, 2.75) is 64.2 Å². The number of methoxy groups -OCH3 is 1. The molecule has 8 nitrogen and oxygen atoms in total. The van der Waals surface area contributed by atoms with Crippen molar-refractivity contribution in [2.24, 2.45) is 17.8 Å². The molecule has 0 spiro atoms. The van der Waals surface area contributed by atoms with Crippen molar-refractivity contribution in [3.05, 3.63) is 60.2 Å². The number of anilines is 1. The van der Waals surface area contributed by atoms with E-state index in [1.54, 1.807) is 19.1 Å². The fourth-order valence-electron chi connectivity index (χ4n) is 4.33. The van der Waals surface area contributed by atoms with Crippen molar-refractivity contribution in [1.82, 2.24) is 15.2 Å². The highest BCUT2D eigenvalue weighted by atomic mass is 32.2. The van der Waals surface area contributed by atoms with Crippen LogP contribution in [0.3, 0.4) is 0 Å². The van der Waals surface area contributed by atoms with Gasteiger partial charge >= 0.3 is 0 Å². The molecule has 2 bridgehead atoms. The predicted octanol–water partition coefficient (Wildman–Crippen LogP) is 5.29. The zero-order chi connectivity index (χ0) is 29.2.